The standard InChI is InChI=1S/C20H17ClFNO4/c1-12-15-7-4-8-16(21)19(15)27-18(12)20(25)26-11-17(24)23(2)10-13-5-3-6-14(22)9-13/h3-9H,10-11H2,1-2H3. The normalized spacial score (nSPS) is 10.8. The number of carbonyl (C=O) groups is 2. The van der Waals surface area contributed by atoms with Gasteiger partial charge in [-0.2, -0.15) is 0 Å². The van der Waals surface area contributed by atoms with Gasteiger partial charge in [-0.3, -0.25) is 4.79 Å². The number of hydrogen-bond acceptors (Lipinski definition) is 4. The Morgan fingerprint density at radius 1 is 1.22 bits per heavy atom. The Balaban J connectivity index is 1.64. The van der Waals surface area contributed by atoms with Gasteiger partial charge in [-0.15, -0.1) is 0 Å². The lowest BCUT2D eigenvalue weighted by molar-refractivity contribution is -0.133. The molecular weight excluding hydrogens is 373 g/mol. The minimum atomic E-state index is -0.743. The van der Waals surface area contributed by atoms with E-state index < -0.39 is 18.5 Å². The van der Waals surface area contributed by atoms with Crippen LogP contribution in [0.1, 0.15) is 21.7 Å². The number of nitrogens with zero attached hydrogens (tertiary/aromatic N) is 1. The van der Waals surface area contributed by atoms with E-state index in [0.717, 1.165) is 0 Å². The third-order valence-corrected chi connectivity index (χ3v) is 4.46. The molecule has 0 saturated carbocycles. The first-order valence-electron chi connectivity index (χ1n) is 8.20. The Kier molecular flexibility index (Phi) is 5.46. The van der Waals surface area contributed by atoms with Crippen molar-refractivity contribution in [3.63, 3.8) is 0 Å². The Morgan fingerprint density at radius 3 is 2.67 bits per heavy atom. The van der Waals surface area contributed by atoms with Gasteiger partial charge in [0.2, 0.25) is 5.76 Å². The third-order valence-electron chi connectivity index (χ3n) is 4.16. The van der Waals surface area contributed by atoms with Gasteiger partial charge in [0.25, 0.3) is 5.91 Å². The van der Waals surface area contributed by atoms with E-state index in [0.29, 0.717) is 27.1 Å². The average Bonchev–Trinajstić information content (AvgIpc) is 2.98. The molecule has 0 bridgehead atoms. The molecule has 0 spiro atoms. The summed E-state index contributed by atoms with van der Waals surface area (Å²) in [4.78, 5) is 25.8. The van der Waals surface area contributed by atoms with Gasteiger partial charge in [0.1, 0.15) is 5.82 Å². The molecule has 140 valence electrons. The van der Waals surface area contributed by atoms with Crippen molar-refractivity contribution in [2.45, 2.75) is 13.5 Å². The van der Waals surface area contributed by atoms with Crippen LogP contribution in [0, 0.1) is 12.7 Å². The van der Waals surface area contributed by atoms with Crippen LogP contribution in [0.3, 0.4) is 0 Å². The number of halogens is 2. The third kappa shape index (κ3) is 4.11. The fourth-order valence-electron chi connectivity index (χ4n) is 2.70. The van der Waals surface area contributed by atoms with Crippen molar-refractivity contribution in [2.24, 2.45) is 0 Å². The minimum Gasteiger partial charge on any atom is -0.450 e. The zero-order valence-electron chi connectivity index (χ0n) is 14.8. The van der Waals surface area contributed by atoms with Crippen molar-refractivity contribution in [1.29, 1.82) is 0 Å². The van der Waals surface area contributed by atoms with Gasteiger partial charge in [0.05, 0.1) is 5.02 Å². The molecule has 7 heteroatoms. The molecule has 0 aliphatic rings. The molecule has 0 aliphatic carbocycles. The summed E-state index contributed by atoms with van der Waals surface area (Å²) in [5.41, 5.74) is 1.64. The summed E-state index contributed by atoms with van der Waals surface area (Å²) in [6, 6.07) is 11.2. The molecular formula is C20H17ClFNO4. The lowest BCUT2D eigenvalue weighted by atomic mass is 10.1. The van der Waals surface area contributed by atoms with Crippen LogP contribution in [-0.2, 0) is 16.1 Å². The summed E-state index contributed by atoms with van der Waals surface area (Å²) >= 11 is 6.07. The highest BCUT2D eigenvalue weighted by Gasteiger charge is 2.22. The highest BCUT2D eigenvalue weighted by molar-refractivity contribution is 6.35. The van der Waals surface area contributed by atoms with E-state index in [1.165, 1.54) is 17.0 Å². The lowest BCUT2D eigenvalue weighted by Gasteiger charge is -2.17. The molecule has 2 aromatic carbocycles. The van der Waals surface area contributed by atoms with Crippen LogP contribution in [0.4, 0.5) is 4.39 Å². The van der Waals surface area contributed by atoms with Gasteiger partial charge in [-0.05, 0) is 30.7 Å². The Labute approximate surface area is 160 Å². The first-order chi connectivity index (χ1) is 12.9. The van der Waals surface area contributed by atoms with Gasteiger partial charge in [0, 0.05) is 24.5 Å². The highest BCUT2D eigenvalue weighted by Crippen LogP contribution is 2.30. The SMILES string of the molecule is Cc1c(C(=O)OCC(=O)N(C)Cc2cccc(F)c2)oc2c(Cl)cccc12. The summed E-state index contributed by atoms with van der Waals surface area (Å²) in [5.74, 6) is -1.52. The maximum atomic E-state index is 13.2. The Morgan fingerprint density at radius 2 is 1.96 bits per heavy atom. The number of para-hydroxylation sites is 1. The first kappa shape index (κ1) is 18.9. The second-order valence-electron chi connectivity index (χ2n) is 6.13. The molecule has 1 heterocycles. The van der Waals surface area contributed by atoms with Crippen LogP contribution in [0.2, 0.25) is 5.02 Å². The van der Waals surface area contributed by atoms with Gasteiger partial charge in [-0.25, -0.2) is 9.18 Å². The largest absolute Gasteiger partial charge is 0.450 e. The minimum absolute atomic E-state index is 0.0127. The molecule has 1 aromatic heterocycles. The molecule has 5 nitrogen and oxygen atoms in total. The van der Waals surface area contributed by atoms with Crippen LogP contribution >= 0.6 is 11.6 Å². The van der Waals surface area contributed by atoms with Crippen LogP contribution in [0.5, 0.6) is 0 Å². The van der Waals surface area contributed by atoms with Crippen molar-refractivity contribution in [3.8, 4) is 0 Å². The van der Waals surface area contributed by atoms with Crippen LogP contribution < -0.4 is 0 Å². The summed E-state index contributed by atoms with van der Waals surface area (Å²) in [5, 5.41) is 1.10. The molecule has 3 aromatic rings. The first-order valence-corrected chi connectivity index (χ1v) is 8.57. The predicted molar refractivity (Wildman–Crippen MR) is 99.1 cm³/mol. The van der Waals surface area contributed by atoms with Gasteiger partial charge in [-0.1, -0.05) is 35.9 Å². The molecule has 0 aliphatic heterocycles. The monoisotopic (exact) mass is 389 g/mol. The molecule has 3 rings (SSSR count). The molecule has 1 amide bonds. The second kappa shape index (κ2) is 7.80. The van der Waals surface area contributed by atoms with E-state index >= 15 is 0 Å². The summed E-state index contributed by atoms with van der Waals surface area (Å²) in [6.07, 6.45) is 0. The van der Waals surface area contributed by atoms with E-state index in [4.69, 9.17) is 20.8 Å². The fraction of sp³-hybridized carbons (Fsp3) is 0.200. The number of fused-ring (bicyclic) bond motifs is 1. The number of amides is 1. The van der Waals surface area contributed by atoms with E-state index in [9.17, 15) is 14.0 Å². The van der Waals surface area contributed by atoms with Crippen LogP contribution in [0.15, 0.2) is 46.9 Å². The van der Waals surface area contributed by atoms with Gasteiger partial charge in [0.15, 0.2) is 12.2 Å². The van der Waals surface area contributed by atoms with E-state index in [1.807, 2.05) is 0 Å². The molecule has 0 saturated heterocycles. The number of hydrogen-bond donors (Lipinski definition) is 0. The molecule has 0 unspecified atom stereocenters. The number of rotatable bonds is 5. The molecule has 0 atom stereocenters. The summed E-state index contributed by atoms with van der Waals surface area (Å²) in [7, 11) is 1.55. The van der Waals surface area contributed by atoms with E-state index in [1.54, 1.807) is 44.3 Å². The number of esters is 1. The van der Waals surface area contributed by atoms with E-state index in [-0.39, 0.29) is 18.1 Å². The second-order valence-corrected chi connectivity index (χ2v) is 6.54. The Bertz CT molecular complexity index is 1010. The topological polar surface area (TPSA) is 59.8 Å². The van der Waals surface area contributed by atoms with Crippen LogP contribution in [0.25, 0.3) is 11.0 Å². The number of furan rings is 1. The molecule has 0 fully saturated rings. The number of ether oxygens (including phenoxy) is 1. The average molecular weight is 390 g/mol. The van der Waals surface area contributed by atoms with Crippen molar-refractivity contribution in [2.75, 3.05) is 13.7 Å². The molecule has 0 radical (unpaired) electrons. The number of carbonyl (C=O) groups excluding carboxylic acids is 2. The zero-order chi connectivity index (χ0) is 19.6. The van der Waals surface area contributed by atoms with Gasteiger partial charge >= 0.3 is 5.97 Å². The quantitative estimate of drug-likeness (QED) is 0.609. The smallest absolute Gasteiger partial charge is 0.375 e. The Hall–Kier alpha value is -2.86. The predicted octanol–water partition coefficient (Wildman–Crippen LogP) is 4.35. The van der Waals surface area contributed by atoms with E-state index in [2.05, 4.69) is 0 Å². The summed E-state index contributed by atoms with van der Waals surface area (Å²) < 4.78 is 23.8. The highest BCUT2D eigenvalue weighted by atomic mass is 35.5. The summed E-state index contributed by atoms with van der Waals surface area (Å²) in [6.45, 7) is 1.47. The van der Waals surface area contributed by atoms with Gasteiger partial charge < -0.3 is 14.1 Å². The van der Waals surface area contributed by atoms with Crippen molar-refractivity contribution < 1.29 is 23.1 Å². The van der Waals surface area contributed by atoms with Crippen molar-refractivity contribution in [1.82, 2.24) is 4.90 Å². The number of aryl methyl sites for hydroxylation is 1. The van der Waals surface area contributed by atoms with Crippen molar-refractivity contribution >= 4 is 34.4 Å². The van der Waals surface area contributed by atoms with Crippen molar-refractivity contribution in [3.05, 3.63) is 70.2 Å². The fourth-order valence-corrected chi connectivity index (χ4v) is 2.92. The zero-order valence-corrected chi connectivity index (χ0v) is 15.5. The lowest BCUT2D eigenvalue weighted by Crippen LogP contribution is -2.30. The maximum absolute atomic E-state index is 13.2. The van der Waals surface area contributed by atoms with Crippen LogP contribution in [-0.4, -0.2) is 30.4 Å². The number of benzene rings is 2. The maximum Gasteiger partial charge on any atom is 0.375 e. The molecule has 0 N–H and O–H groups in total. The number of likely N-dealkylation sites (N-methyl/N-ethyl adjacent to an activating group) is 1. The molecule has 27 heavy (non-hydrogen) atoms.